The third-order valence-corrected chi connectivity index (χ3v) is 2.80. The zero-order valence-corrected chi connectivity index (χ0v) is 11.7. The third-order valence-electron chi connectivity index (χ3n) is 2.80. The second-order valence-corrected chi connectivity index (χ2v) is 4.21. The molecule has 6 heteroatoms. The first-order valence-corrected chi connectivity index (χ1v) is 6.03. The quantitative estimate of drug-likeness (QED) is 0.879. The molecule has 0 radical (unpaired) electrons. The van der Waals surface area contributed by atoms with E-state index in [4.69, 9.17) is 9.47 Å². The average molecular weight is 287 g/mol. The molecule has 1 aromatic rings. The van der Waals surface area contributed by atoms with E-state index in [0.29, 0.717) is 13.0 Å². The van der Waals surface area contributed by atoms with Gasteiger partial charge in [-0.15, -0.1) is 12.4 Å². The molecule has 2 rings (SSSR count). The summed E-state index contributed by atoms with van der Waals surface area (Å²) in [5.41, 5.74) is 0.775. The minimum Gasteiger partial charge on any atom is -0.497 e. The lowest BCUT2D eigenvalue weighted by Crippen LogP contribution is -2.43. The Morgan fingerprint density at radius 3 is 2.79 bits per heavy atom. The van der Waals surface area contributed by atoms with Crippen molar-refractivity contribution in [3.05, 3.63) is 24.3 Å². The van der Waals surface area contributed by atoms with E-state index >= 15 is 0 Å². The fourth-order valence-corrected chi connectivity index (χ4v) is 1.86. The van der Waals surface area contributed by atoms with Gasteiger partial charge < -0.3 is 20.1 Å². The van der Waals surface area contributed by atoms with Crippen LogP contribution in [-0.2, 0) is 9.53 Å². The van der Waals surface area contributed by atoms with Gasteiger partial charge in [0.2, 0.25) is 5.91 Å². The Hall–Kier alpha value is -1.30. The number of benzene rings is 1. The van der Waals surface area contributed by atoms with Crippen LogP contribution in [0, 0.1) is 0 Å². The molecule has 1 atom stereocenters. The Kier molecular flexibility index (Phi) is 6.62. The number of anilines is 1. The molecule has 0 saturated carbocycles. The summed E-state index contributed by atoms with van der Waals surface area (Å²) in [4.78, 5) is 11.8. The number of carbonyl (C=O) groups excluding carboxylic acids is 1. The number of rotatable bonds is 4. The lowest BCUT2D eigenvalue weighted by molar-refractivity contribution is -0.117. The molecule has 1 saturated heterocycles. The number of halogens is 1. The number of hydrogen-bond acceptors (Lipinski definition) is 4. The molecular weight excluding hydrogens is 268 g/mol. The van der Waals surface area contributed by atoms with E-state index in [1.54, 1.807) is 7.11 Å². The van der Waals surface area contributed by atoms with Gasteiger partial charge in [0.25, 0.3) is 0 Å². The van der Waals surface area contributed by atoms with E-state index in [1.807, 2.05) is 24.3 Å². The van der Waals surface area contributed by atoms with Gasteiger partial charge in [-0.2, -0.15) is 0 Å². The zero-order valence-electron chi connectivity index (χ0n) is 10.8. The number of amides is 1. The van der Waals surface area contributed by atoms with E-state index in [9.17, 15) is 4.79 Å². The van der Waals surface area contributed by atoms with Crippen LogP contribution in [0.1, 0.15) is 6.42 Å². The topological polar surface area (TPSA) is 59.6 Å². The lowest BCUT2D eigenvalue weighted by Gasteiger charge is -2.23. The fourth-order valence-electron chi connectivity index (χ4n) is 1.86. The highest BCUT2D eigenvalue weighted by Gasteiger charge is 2.16. The van der Waals surface area contributed by atoms with Gasteiger partial charge in [-0.3, -0.25) is 4.79 Å². The monoisotopic (exact) mass is 286 g/mol. The fraction of sp³-hybridized carbons (Fsp3) is 0.462. The predicted octanol–water partition coefficient (Wildman–Crippen LogP) is 1.43. The summed E-state index contributed by atoms with van der Waals surface area (Å²) in [5, 5.41) is 6.10. The van der Waals surface area contributed by atoms with Crippen LogP contribution in [-0.4, -0.2) is 38.8 Å². The third kappa shape index (κ3) is 5.06. The zero-order chi connectivity index (χ0) is 12.8. The molecule has 19 heavy (non-hydrogen) atoms. The standard InChI is InChI=1S/C13H18N2O3.ClH/c1-17-12-4-2-10(3-5-12)15-13(16)8-11-9-18-7-6-14-11;/h2-5,11,14H,6-9H2,1H3,(H,15,16);1H. The van der Waals surface area contributed by atoms with Crippen LogP contribution in [0.25, 0.3) is 0 Å². The Morgan fingerprint density at radius 2 is 2.21 bits per heavy atom. The number of methoxy groups -OCH3 is 1. The van der Waals surface area contributed by atoms with Crippen molar-refractivity contribution in [2.75, 3.05) is 32.2 Å². The SMILES string of the molecule is COc1ccc(NC(=O)CC2COCCN2)cc1.Cl. The summed E-state index contributed by atoms with van der Waals surface area (Å²) in [6, 6.07) is 7.38. The summed E-state index contributed by atoms with van der Waals surface area (Å²) >= 11 is 0. The van der Waals surface area contributed by atoms with Gasteiger partial charge in [0.15, 0.2) is 0 Å². The van der Waals surface area contributed by atoms with Gasteiger partial charge >= 0.3 is 0 Å². The van der Waals surface area contributed by atoms with Crippen LogP contribution in [0.2, 0.25) is 0 Å². The lowest BCUT2D eigenvalue weighted by atomic mass is 10.2. The van der Waals surface area contributed by atoms with Crippen molar-refractivity contribution < 1.29 is 14.3 Å². The summed E-state index contributed by atoms with van der Waals surface area (Å²) in [7, 11) is 1.61. The Labute approximate surface area is 119 Å². The van der Waals surface area contributed by atoms with Crippen LogP contribution < -0.4 is 15.4 Å². The minimum atomic E-state index is -0.0110. The Morgan fingerprint density at radius 1 is 1.47 bits per heavy atom. The van der Waals surface area contributed by atoms with Gasteiger partial charge in [-0.25, -0.2) is 0 Å². The molecule has 1 heterocycles. The Bertz CT molecular complexity index is 391. The highest BCUT2D eigenvalue weighted by Crippen LogP contribution is 2.15. The maximum atomic E-state index is 11.8. The van der Waals surface area contributed by atoms with Crippen LogP contribution >= 0.6 is 12.4 Å². The molecular formula is C13H19ClN2O3. The number of nitrogens with one attached hydrogen (secondary N) is 2. The summed E-state index contributed by atoms with van der Waals surface area (Å²) in [5.74, 6) is 0.763. The molecule has 0 aromatic heterocycles. The van der Waals surface area contributed by atoms with Gasteiger partial charge in [0, 0.05) is 24.7 Å². The number of morpholine rings is 1. The molecule has 1 aliphatic rings. The molecule has 1 aliphatic heterocycles. The van der Waals surface area contributed by atoms with Crippen molar-refractivity contribution in [1.82, 2.24) is 5.32 Å². The highest BCUT2D eigenvalue weighted by atomic mass is 35.5. The molecule has 1 unspecified atom stereocenters. The first-order valence-electron chi connectivity index (χ1n) is 6.03. The first kappa shape index (κ1) is 15.8. The molecule has 2 N–H and O–H groups in total. The van der Waals surface area contributed by atoms with E-state index in [1.165, 1.54) is 0 Å². The van der Waals surface area contributed by atoms with Crippen molar-refractivity contribution in [2.45, 2.75) is 12.5 Å². The van der Waals surface area contributed by atoms with Crippen molar-refractivity contribution >= 4 is 24.0 Å². The number of ether oxygens (including phenoxy) is 2. The van der Waals surface area contributed by atoms with Gasteiger partial charge in [-0.05, 0) is 24.3 Å². The van der Waals surface area contributed by atoms with Crippen molar-refractivity contribution in [1.29, 1.82) is 0 Å². The molecule has 0 aliphatic carbocycles. The molecule has 0 spiro atoms. The predicted molar refractivity (Wildman–Crippen MR) is 76.1 cm³/mol. The molecule has 106 valence electrons. The Balaban J connectivity index is 0.00000180. The minimum absolute atomic E-state index is 0. The van der Waals surface area contributed by atoms with Crippen molar-refractivity contribution in [3.63, 3.8) is 0 Å². The molecule has 1 fully saturated rings. The van der Waals surface area contributed by atoms with Crippen LogP contribution in [0.15, 0.2) is 24.3 Å². The van der Waals surface area contributed by atoms with Crippen LogP contribution in [0.4, 0.5) is 5.69 Å². The maximum Gasteiger partial charge on any atom is 0.226 e. The van der Waals surface area contributed by atoms with E-state index in [-0.39, 0.29) is 24.4 Å². The summed E-state index contributed by atoms with van der Waals surface area (Å²) < 4.78 is 10.4. The second kappa shape index (κ2) is 7.99. The summed E-state index contributed by atoms with van der Waals surface area (Å²) in [6.07, 6.45) is 0.423. The largest absolute Gasteiger partial charge is 0.497 e. The number of hydrogen-bond donors (Lipinski definition) is 2. The maximum absolute atomic E-state index is 11.8. The van der Waals surface area contributed by atoms with E-state index < -0.39 is 0 Å². The smallest absolute Gasteiger partial charge is 0.226 e. The average Bonchev–Trinajstić information content (AvgIpc) is 2.40. The second-order valence-electron chi connectivity index (χ2n) is 4.21. The first-order chi connectivity index (χ1) is 8.78. The van der Waals surface area contributed by atoms with Gasteiger partial charge in [0.05, 0.1) is 20.3 Å². The van der Waals surface area contributed by atoms with E-state index in [2.05, 4.69) is 10.6 Å². The summed E-state index contributed by atoms with van der Waals surface area (Å²) in [6.45, 7) is 2.12. The van der Waals surface area contributed by atoms with Gasteiger partial charge in [-0.1, -0.05) is 0 Å². The molecule has 1 aromatic carbocycles. The molecule has 1 amide bonds. The van der Waals surface area contributed by atoms with E-state index in [0.717, 1.165) is 24.6 Å². The number of carbonyl (C=O) groups is 1. The van der Waals surface area contributed by atoms with Crippen molar-refractivity contribution in [3.8, 4) is 5.75 Å². The molecule has 0 bridgehead atoms. The van der Waals surface area contributed by atoms with Gasteiger partial charge in [0.1, 0.15) is 5.75 Å². The normalized spacial score (nSPS) is 18.3. The highest BCUT2D eigenvalue weighted by molar-refractivity contribution is 5.91. The van der Waals surface area contributed by atoms with Crippen LogP contribution in [0.3, 0.4) is 0 Å². The molecule has 5 nitrogen and oxygen atoms in total. The van der Waals surface area contributed by atoms with Crippen LogP contribution in [0.5, 0.6) is 5.75 Å². The van der Waals surface area contributed by atoms with Crippen molar-refractivity contribution in [2.24, 2.45) is 0 Å².